The monoisotopic (exact) mass is 446 g/mol. The van der Waals surface area contributed by atoms with Crippen molar-refractivity contribution < 1.29 is 22.5 Å². The van der Waals surface area contributed by atoms with Crippen LogP contribution in [0.3, 0.4) is 0 Å². The molecule has 0 unspecified atom stereocenters. The van der Waals surface area contributed by atoms with Crippen LogP contribution in [0.1, 0.15) is 68.1 Å². The highest BCUT2D eigenvalue weighted by Crippen LogP contribution is 2.40. The number of benzene rings is 1. The molecule has 0 bridgehead atoms. The molecule has 5 rings (SSSR count). The molecule has 1 amide bonds. The number of rotatable bonds is 6. The Hall–Kier alpha value is -2.46. The second-order valence-electron chi connectivity index (χ2n) is 8.63. The van der Waals surface area contributed by atoms with Crippen LogP contribution in [0, 0.1) is 6.92 Å². The highest BCUT2D eigenvalue weighted by atomic mass is 32.2. The summed E-state index contributed by atoms with van der Waals surface area (Å²) in [4.78, 5) is 18.7. The van der Waals surface area contributed by atoms with E-state index in [1.54, 1.807) is 13.0 Å². The molecule has 0 atom stereocenters. The third kappa shape index (κ3) is 4.18. The lowest BCUT2D eigenvalue weighted by atomic mass is 9.96. The summed E-state index contributed by atoms with van der Waals surface area (Å²) in [6, 6.07) is 3.16. The number of nitrogens with zero attached hydrogens (tertiary/aromatic N) is 3. The summed E-state index contributed by atoms with van der Waals surface area (Å²) in [5, 5.41) is 4.00. The van der Waals surface area contributed by atoms with Crippen molar-refractivity contribution in [1.82, 2.24) is 14.9 Å². The molecule has 31 heavy (non-hydrogen) atoms. The summed E-state index contributed by atoms with van der Waals surface area (Å²) < 4.78 is 39.8. The van der Waals surface area contributed by atoms with Crippen LogP contribution in [-0.2, 0) is 21.4 Å². The number of fused-ring (bicyclic) bond motifs is 1. The van der Waals surface area contributed by atoms with Gasteiger partial charge >= 0.3 is 0 Å². The number of ether oxygens (including phenoxy) is 1. The smallest absolute Gasteiger partial charge is 0.265 e. The van der Waals surface area contributed by atoms with Crippen LogP contribution in [-0.4, -0.2) is 37.1 Å². The Labute approximate surface area is 181 Å². The highest BCUT2D eigenvalue weighted by Gasteiger charge is 2.33. The maximum Gasteiger partial charge on any atom is 0.265 e. The van der Waals surface area contributed by atoms with Crippen molar-refractivity contribution >= 4 is 21.6 Å². The minimum Gasteiger partial charge on any atom is -0.482 e. The number of aryl methyl sites for hydroxylation is 1. The standard InChI is InChI=1S/C21H26N4O5S/c1-13-9-16-17(10-18(13)31(27,28)24-15-5-3-2-4-6-15)29-12-20(26)25(16)11-19-22-21(30-23-19)14-7-8-14/h9-10,14-15,24H,2-8,11-12H2,1H3. The fourth-order valence-electron chi connectivity index (χ4n) is 4.27. The molecule has 0 saturated heterocycles. The van der Waals surface area contributed by atoms with Gasteiger partial charge in [-0.15, -0.1) is 0 Å². The van der Waals surface area contributed by atoms with E-state index in [2.05, 4.69) is 14.9 Å². The highest BCUT2D eigenvalue weighted by molar-refractivity contribution is 7.89. The van der Waals surface area contributed by atoms with Gasteiger partial charge in [-0.1, -0.05) is 24.4 Å². The summed E-state index contributed by atoms with van der Waals surface area (Å²) in [6.45, 7) is 1.71. The van der Waals surface area contributed by atoms with E-state index in [0.29, 0.717) is 34.6 Å². The van der Waals surface area contributed by atoms with Gasteiger partial charge in [-0.3, -0.25) is 9.69 Å². The average molecular weight is 447 g/mol. The van der Waals surface area contributed by atoms with E-state index in [1.807, 2.05) is 0 Å². The van der Waals surface area contributed by atoms with Gasteiger partial charge < -0.3 is 9.26 Å². The van der Waals surface area contributed by atoms with E-state index < -0.39 is 10.0 Å². The lowest BCUT2D eigenvalue weighted by Gasteiger charge is -2.30. The topological polar surface area (TPSA) is 115 Å². The maximum absolute atomic E-state index is 13.0. The molecule has 1 aliphatic heterocycles. The van der Waals surface area contributed by atoms with Crippen molar-refractivity contribution in [3.05, 3.63) is 29.4 Å². The molecule has 1 aromatic carbocycles. The van der Waals surface area contributed by atoms with E-state index in [4.69, 9.17) is 9.26 Å². The van der Waals surface area contributed by atoms with E-state index in [1.165, 1.54) is 11.0 Å². The van der Waals surface area contributed by atoms with Gasteiger partial charge in [-0.25, -0.2) is 13.1 Å². The minimum atomic E-state index is -3.69. The number of hydrogen-bond acceptors (Lipinski definition) is 7. The van der Waals surface area contributed by atoms with Crippen molar-refractivity contribution in [2.24, 2.45) is 0 Å². The fourth-order valence-corrected chi connectivity index (χ4v) is 5.81. The number of hydrogen-bond donors (Lipinski definition) is 1. The molecule has 0 radical (unpaired) electrons. The Morgan fingerprint density at radius 2 is 1.94 bits per heavy atom. The first kappa shape index (κ1) is 20.4. The van der Waals surface area contributed by atoms with Gasteiger partial charge in [0.2, 0.25) is 15.9 Å². The van der Waals surface area contributed by atoms with Gasteiger partial charge in [-0.2, -0.15) is 4.98 Å². The predicted octanol–water partition coefficient (Wildman–Crippen LogP) is 2.79. The van der Waals surface area contributed by atoms with Crippen LogP contribution in [0.4, 0.5) is 5.69 Å². The summed E-state index contributed by atoms with van der Waals surface area (Å²) in [5.74, 6) is 1.50. The van der Waals surface area contributed by atoms with Crippen LogP contribution < -0.4 is 14.4 Å². The normalized spacial score (nSPS) is 19.9. The Kier molecular flexibility index (Phi) is 5.21. The Balaban J connectivity index is 1.41. The van der Waals surface area contributed by atoms with Gasteiger partial charge in [-0.05, 0) is 44.2 Å². The van der Waals surface area contributed by atoms with Crippen LogP contribution >= 0.6 is 0 Å². The Morgan fingerprint density at radius 3 is 2.68 bits per heavy atom. The van der Waals surface area contributed by atoms with Crippen LogP contribution in [0.15, 0.2) is 21.6 Å². The molecule has 10 heteroatoms. The van der Waals surface area contributed by atoms with E-state index in [-0.39, 0.29) is 30.0 Å². The molecule has 2 fully saturated rings. The quantitative estimate of drug-likeness (QED) is 0.725. The number of anilines is 1. The molecule has 1 aromatic heterocycles. The third-order valence-corrected chi connectivity index (χ3v) is 7.79. The lowest BCUT2D eigenvalue weighted by molar-refractivity contribution is -0.121. The molecule has 2 saturated carbocycles. The molecule has 2 heterocycles. The first-order chi connectivity index (χ1) is 14.9. The number of aromatic nitrogens is 2. The second kappa shape index (κ2) is 7.90. The Bertz CT molecular complexity index is 1100. The largest absolute Gasteiger partial charge is 0.482 e. The van der Waals surface area contributed by atoms with E-state index in [0.717, 1.165) is 44.9 Å². The summed E-state index contributed by atoms with van der Waals surface area (Å²) >= 11 is 0. The fraction of sp³-hybridized carbons (Fsp3) is 0.571. The molecule has 1 N–H and O–H groups in total. The molecular formula is C21H26N4O5S. The SMILES string of the molecule is Cc1cc2c(cc1S(=O)(=O)NC1CCCCC1)OCC(=O)N2Cc1noc(C2CC2)n1. The minimum absolute atomic E-state index is 0.0351. The zero-order chi connectivity index (χ0) is 21.6. The van der Waals surface area contributed by atoms with Crippen molar-refractivity contribution in [2.75, 3.05) is 11.5 Å². The van der Waals surface area contributed by atoms with Gasteiger partial charge in [0.25, 0.3) is 5.91 Å². The van der Waals surface area contributed by atoms with E-state index in [9.17, 15) is 13.2 Å². The van der Waals surface area contributed by atoms with Gasteiger partial charge in [0, 0.05) is 18.0 Å². The molecule has 2 aromatic rings. The Morgan fingerprint density at radius 1 is 1.16 bits per heavy atom. The number of sulfonamides is 1. The van der Waals surface area contributed by atoms with Gasteiger partial charge in [0.05, 0.1) is 17.1 Å². The summed E-state index contributed by atoms with van der Waals surface area (Å²) in [5.41, 5.74) is 1.07. The third-order valence-electron chi connectivity index (χ3n) is 6.13. The molecule has 0 spiro atoms. The molecule has 166 valence electrons. The number of nitrogens with one attached hydrogen (secondary N) is 1. The van der Waals surface area contributed by atoms with Crippen molar-refractivity contribution in [3.63, 3.8) is 0 Å². The first-order valence-corrected chi connectivity index (χ1v) is 12.3. The van der Waals surface area contributed by atoms with Gasteiger partial charge in [0.15, 0.2) is 12.4 Å². The number of carbonyl (C=O) groups is 1. The van der Waals surface area contributed by atoms with Crippen molar-refractivity contribution in [1.29, 1.82) is 0 Å². The van der Waals surface area contributed by atoms with Crippen molar-refractivity contribution in [3.8, 4) is 5.75 Å². The van der Waals surface area contributed by atoms with Crippen LogP contribution in [0.5, 0.6) is 5.75 Å². The van der Waals surface area contributed by atoms with Crippen LogP contribution in [0.25, 0.3) is 0 Å². The first-order valence-electron chi connectivity index (χ1n) is 10.8. The lowest BCUT2D eigenvalue weighted by Crippen LogP contribution is -2.39. The van der Waals surface area contributed by atoms with Gasteiger partial charge in [0.1, 0.15) is 5.75 Å². The zero-order valence-electron chi connectivity index (χ0n) is 17.5. The summed E-state index contributed by atoms with van der Waals surface area (Å²) in [6.07, 6.45) is 7.03. The average Bonchev–Trinajstić information content (AvgIpc) is 3.49. The second-order valence-corrected chi connectivity index (χ2v) is 10.3. The van der Waals surface area contributed by atoms with Crippen molar-refractivity contribution in [2.45, 2.75) is 75.3 Å². The summed E-state index contributed by atoms with van der Waals surface area (Å²) in [7, 11) is -3.69. The molecule has 2 aliphatic carbocycles. The number of amides is 1. The maximum atomic E-state index is 13.0. The molecule has 9 nitrogen and oxygen atoms in total. The zero-order valence-corrected chi connectivity index (χ0v) is 18.3. The molecule has 3 aliphatic rings. The van der Waals surface area contributed by atoms with E-state index >= 15 is 0 Å². The predicted molar refractivity (Wildman–Crippen MR) is 111 cm³/mol. The number of carbonyl (C=O) groups excluding carboxylic acids is 1. The molecular weight excluding hydrogens is 420 g/mol. The van der Waals surface area contributed by atoms with Crippen LogP contribution in [0.2, 0.25) is 0 Å².